The largest absolute Gasteiger partial charge is 0.356 e. The molecule has 0 fully saturated rings. The summed E-state index contributed by atoms with van der Waals surface area (Å²) >= 11 is 0. The van der Waals surface area contributed by atoms with E-state index in [2.05, 4.69) is 10.6 Å². The van der Waals surface area contributed by atoms with Gasteiger partial charge in [0.2, 0.25) is 11.8 Å². The van der Waals surface area contributed by atoms with Crippen LogP contribution in [0.15, 0.2) is 18.2 Å². The van der Waals surface area contributed by atoms with Crippen LogP contribution in [0.25, 0.3) is 0 Å². The van der Waals surface area contributed by atoms with Crippen LogP contribution < -0.4 is 10.6 Å². The minimum Gasteiger partial charge on any atom is -0.356 e. The summed E-state index contributed by atoms with van der Waals surface area (Å²) in [5, 5.41) is 5.59. The molecule has 4 nitrogen and oxygen atoms in total. The molecule has 0 saturated carbocycles. The molecule has 122 valence electrons. The van der Waals surface area contributed by atoms with E-state index in [1.165, 1.54) is 6.07 Å². The Bertz CT molecular complexity index is 536. The molecule has 0 heterocycles. The van der Waals surface area contributed by atoms with Crippen LogP contribution in [0.1, 0.15) is 44.7 Å². The number of rotatable bonds is 6. The standard InChI is InChI=1S/C17H25FN2O2/c1-12-10-13(7-8-14(12)18)11-20-15(21)6-5-9-19-16(22)17(2,3)4/h7-8,10H,5-6,9,11H2,1-4H3,(H,19,22)(H,20,21). The van der Waals surface area contributed by atoms with E-state index in [0.717, 1.165) is 5.56 Å². The number of hydrogen-bond acceptors (Lipinski definition) is 2. The molecule has 0 saturated heterocycles. The SMILES string of the molecule is Cc1cc(CNC(=O)CCCNC(=O)C(C)(C)C)ccc1F. The van der Waals surface area contributed by atoms with Gasteiger partial charge in [-0.15, -0.1) is 0 Å². The molecule has 0 spiro atoms. The van der Waals surface area contributed by atoms with Gasteiger partial charge in [0, 0.05) is 24.9 Å². The van der Waals surface area contributed by atoms with Crippen molar-refractivity contribution in [3.8, 4) is 0 Å². The Labute approximate surface area is 131 Å². The maximum Gasteiger partial charge on any atom is 0.225 e. The van der Waals surface area contributed by atoms with E-state index in [9.17, 15) is 14.0 Å². The third-order valence-corrected chi connectivity index (χ3v) is 3.26. The van der Waals surface area contributed by atoms with Gasteiger partial charge in [-0.2, -0.15) is 0 Å². The number of hydrogen-bond donors (Lipinski definition) is 2. The summed E-state index contributed by atoms with van der Waals surface area (Å²) in [5.41, 5.74) is 1.02. The summed E-state index contributed by atoms with van der Waals surface area (Å²) in [6.07, 6.45) is 0.945. The second kappa shape index (κ2) is 7.92. The molecular formula is C17H25FN2O2. The Morgan fingerprint density at radius 1 is 1.18 bits per heavy atom. The second-order valence-corrected chi connectivity index (χ2v) is 6.47. The van der Waals surface area contributed by atoms with Crippen molar-refractivity contribution in [2.45, 2.75) is 47.1 Å². The molecule has 1 rings (SSSR count). The van der Waals surface area contributed by atoms with Gasteiger partial charge in [-0.1, -0.05) is 32.9 Å². The normalized spacial score (nSPS) is 11.1. The quantitative estimate of drug-likeness (QED) is 0.794. The highest BCUT2D eigenvalue weighted by atomic mass is 19.1. The summed E-state index contributed by atoms with van der Waals surface area (Å²) < 4.78 is 13.1. The van der Waals surface area contributed by atoms with Gasteiger partial charge in [-0.05, 0) is 30.5 Å². The average molecular weight is 308 g/mol. The topological polar surface area (TPSA) is 58.2 Å². The summed E-state index contributed by atoms with van der Waals surface area (Å²) in [4.78, 5) is 23.3. The van der Waals surface area contributed by atoms with Crippen LogP contribution in [-0.2, 0) is 16.1 Å². The van der Waals surface area contributed by atoms with E-state index in [4.69, 9.17) is 0 Å². The number of nitrogens with one attached hydrogen (secondary N) is 2. The van der Waals surface area contributed by atoms with Crippen molar-refractivity contribution in [3.05, 3.63) is 35.1 Å². The van der Waals surface area contributed by atoms with Crippen LogP contribution in [0, 0.1) is 18.2 Å². The Kier molecular flexibility index (Phi) is 6.53. The fourth-order valence-electron chi connectivity index (χ4n) is 1.82. The Morgan fingerprint density at radius 3 is 2.45 bits per heavy atom. The monoisotopic (exact) mass is 308 g/mol. The van der Waals surface area contributed by atoms with Crippen molar-refractivity contribution >= 4 is 11.8 Å². The van der Waals surface area contributed by atoms with Gasteiger partial charge in [-0.3, -0.25) is 9.59 Å². The number of carbonyl (C=O) groups is 2. The molecule has 0 radical (unpaired) electrons. The highest BCUT2D eigenvalue weighted by Crippen LogP contribution is 2.12. The Hall–Kier alpha value is -1.91. The third kappa shape index (κ3) is 6.24. The van der Waals surface area contributed by atoms with Crippen molar-refractivity contribution in [1.29, 1.82) is 0 Å². The van der Waals surface area contributed by atoms with E-state index < -0.39 is 5.41 Å². The van der Waals surface area contributed by atoms with Crippen molar-refractivity contribution in [2.75, 3.05) is 6.54 Å². The Morgan fingerprint density at radius 2 is 1.86 bits per heavy atom. The van der Waals surface area contributed by atoms with Gasteiger partial charge < -0.3 is 10.6 Å². The van der Waals surface area contributed by atoms with Gasteiger partial charge >= 0.3 is 0 Å². The zero-order valence-corrected chi connectivity index (χ0v) is 13.8. The third-order valence-electron chi connectivity index (χ3n) is 3.26. The molecule has 22 heavy (non-hydrogen) atoms. The molecule has 0 atom stereocenters. The molecule has 0 aliphatic carbocycles. The number of aryl methyl sites for hydroxylation is 1. The first-order chi connectivity index (χ1) is 10.2. The van der Waals surface area contributed by atoms with Crippen molar-refractivity contribution in [3.63, 3.8) is 0 Å². The van der Waals surface area contributed by atoms with Gasteiger partial charge in [-0.25, -0.2) is 4.39 Å². The van der Waals surface area contributed by atoms with Crippen LogP contribution in [-0.4, -0.2) is 18.4 Å². The lowest BCUT2D eigenvalue weighted by atomic mass is 9.96. The van der Waals surface area contributed by atoms with E-state index in [-0.39, 0.29) is 17.6 Å². The van der Waals surface area contributed by atoms with Crippen molar-refractivity contribution in [2.24, 2.45) is 5.41 Å². The first kappa shape index (κ1) is 18.1. The molecule has 0 bridgehead atoms. The maximum absolute atomic E-state index is 13.1. The first-order valence-electron chi connectivity index (χ1n) is 7.50. The predicted molar refractivity (Wildman–Crippen MR) is 84.7 cm³/mol. The van der Waals surface area contributed by atoms with E-state index in [1.807, 2.05) is 20.8 Å². The van der Waals surface area contributed by atoms with Crippen LogP contribution in [0.2, 0.25) is 0 Å². The van der Waals surface area contributed by atoms with Gasteiger partial charge in [0.05, 0.1) is 0 Å². The van der Waals surface area contributed by atoms with Gasteiger partial charge in [0.1, 0.15) is 5.82 Å². The maximum atomic E-state index is 13.1. The zero-order valence-electron chi connectivity index (χ0n) is 13.8. The fourth-order valence-corrected chi connectivity index (χ4v) is 1.82. The molecule has 0 aliphatic heterocycles. The average Bonchev–Trinajstić information content (AvgIpc) is 2.43. The Balaban J connectivity index is 2.24. The summed E-state index contributed by atoms with van der Waals surface area (Å²) in [5.74, 6) is -0.341. The number of halogens is 1. The molecule has 2 amide bonds. The predicted octanol–water partition coefficient (Wildman–Crippen LogP) is 2.69. The molecular weight excluding hydrogens is 283 g/mol. The molecule has 1 aromatic rings. The highest BCUT2D eigenvalue weighted by Gasteiger charge is 2.20. The van der Waals surface area contributed by atoms with Crippen molar-refractivity contribution in [1.82, 2.24) is 10.6 Å². The molecule has 0 unspecified atom stereocenters. The molecule has 1 aromatic carbocycles. The zero-order chi connectivity index (χ0) is 16.8. The van der Waals surface area contributed by atoms with Gasteiger partial charge in [0.25, 0.3) is 0 Å². The minimum absolute atomic E-state index is 0.0188. The van der Waals surface area contributed by atoms with E-state index >= 15 is 0 Å². The van der Waals surface area contributed by atoms with Crippen molar-refractivity contribution < 1.29 is 14.0 Å². The minimum atomic E-state index is -0.414. The number of carbonyl (C=O) groups excluding carboxylic acids is 2. The fraction of sp³-hybridized carbons (Fsp3) is 0.529. The highest BCUT2D eigenvalue weighted by molar-refractivity contribution is 5.81. The lowest BCUT2D eigenvalue weighted by Gasteiger charge is -2.17. The molecule has 2 N–H and O–H groups in total. The van der Waals surface area contributed by atoms with Crippen LogP contribution in [0.3, 0.4) is 0 Å². The van der Waals surface area contributed by atoms with Crippen LogP contribution >= 0.6 is 0 Å². The lowest BCUT2D eigenvalue weighted by molar-refractivity contribution is -0.128. The smallest absolute Gasteiger partial charge is 0.225 e. The summed E-state index contributed by atoms with van der Waals surface area (Å²) in [6, 6.07) is 4.78. The van der Waals surface area contributed by atoms with Crippen LogP contribution in [0.5, 0.6) is 0 Å². The number of benzene rings is 1. The summed E-state index contributed by atoms with van der Waals surface area (Å²) in [6.45, 7) is 8.10. The second-order valence-electron chi connectivity index (χ2n) is 6.47. The van der Waals surface area contributed by atoms with Crippen LogP contribution in [0.4, 0.5) is 4.39 Å². The molecule has 0 aliphatic rings. The van der Waals surface area contributed by atoms with Gasteiger partial charge in [0.15, 0.2) is 0 Å². The first-order valence-corrected chi connectivity index (χ1v) is 7.50. The van der Waals surface area contributed by atoms with E-state index in [1.54, 1.807) is 19.1 Å². The molecule has 5 heteroatoms. The molecule has 0 aromatic heterocycles. The lowest BCUT2D eigenvalue weighted by Crippen LogP contribution is -2.35. The summed E-state index contributed by atoms with van der Waals surface area (Å²) in [7, 11) is 0. The number of amides is 2. The van der Waals surface area contributed by atoms with E-state index in [0.29, 0.717) is 31.5 Å².